The van der Waals surface area contributed by atoms with Gasteiger partial charge < -0.3 is 10.5 Å². The third kappa shape index (κ3) is 5.63. The summed E-state index contributed by atoms with van der Waals surface area (Å²) < 4.78 is 5.28. The third-order valence-corrected chi connectivity index (χ3v) is 2.88. The molecule has 0 bridgehead atoms. The van der Waals surface area contributed by atoms with Crippen LogP contribution < -0.4 is 5.73 Å². The molecular weight excluding hydrogens is 224 g/mol. The van der Waals surface area contributed by atoms with Crippen LogP contribution in [-0.2, 0) is 11.3 Å². The minimum absolute atomic E-state index is 0.151. The smallest absolute Gasteiger partial charge is 0.0525 e. The Morgan fingerprint density at radius 3 is 2.44 bits per heavy atom. The normalized spacial score (nSPS) is 12.1. The first-order chi connectivity index (χ1) is 8.57. The Balaban J connectivity index is 2.60. The van der Waals surface area contributed by atoms with Gasteiger partial charge in [0.05, 0.1) is 6.61 Å². The minimum Gasteiger partial charge on any atom is -0.384 e. The number of nitrogens with two attached hydrogens (primary N) is 1. The molecule has 1 rings (SSSR count). The van der Waals surface area contributed by atoms with E-state index in [-0.39, 0.29) is 5.41 Å². The molecule has 0 radical (unpaired) electrons. The maximum atomic E-state index is 5.70. The van der Waals surface area contributed by atoms with Crippen LogP contribution in [0.5, 0.6) is 0 Å². The second-order valence-corrected chi connectivity index (χ2v) is 5.58. The van der Waals surface area contributed by atoms with Crippen molar-refractivity contribution in [1.82, 2.24) is 4.90 Å². The zero-order valence-corrected chi connectivity index (χ0v) is 11.9. The lowest BCUT2D eigenvalue weighted by Crippen LogP contribution is -2.39. The molecule has 0 aliphatic heterocycles. The molecule has 0 saturated carbocycles. The maximum Gasteiger partial charge on any atom is 0.0525 e. The van der Waals surface area contributed by atoms with Gasteiger partial charge in [0.25, 0.3) is 0 Å². The van der Waals surface area contributed by atoms with Gasteiger partial charge in [0, 0.05) is 38.7 Å². The summed E-state index contributed by atoms with van der Waals surface area (Å²) in [4.78, 5) is 2.40. The van der Waals surface area contributed by atoms with Gasteiger partial charge in [-0.2, -0.15) is 0 Å². The largest absolute Gasteiger partial charge is 0.384 e. The monoisotopic (exact) mass is 250 g/mol. The van der Waals surface area contributed by atoms with Gasteiger partial charge in [-0.1, -0.05) is 44.2 Å². The molecule has 0 heterocycles. The zero-order chi connectivity index (χ0) is 13.4. The Hall–Kier alpha value is -0.900. The van der Waals surface area contributed by atoms with Gasteiger partial charge in [-0.15, -0.1) is 0 Å². The molecule has 18 heavy (non-hydrogen) atoms. The van der Waals surface area contributed by atoms with Gasteiger partial charge in [0.15, 0.2) is 0 Å². The van der Waals surface area contributed by atoms with Gasteiger partial charge >= 0.3 is 0 Å². The van der Waals surface area contributed by atoms with Crippen molar-refractivity contribution < 1.29 is 4.74 Å². The first-order valence-corrected chi connectivity index (χ1v) is 6.53. The molecule has 102 valence electrons. The van der Waals surface area contributed by atoms with Crippen molar-refractivity contribution in [2.24, 2.45) is 11.1 Å². The molecule has 0 atom stereocenters. The van der Waals surface area contributed by atoms with Crippen LogP contribution in [0.4, 0.5) is 0 Å². The topological polar surface area (TPSA) is 38.5 Å². The fourth-order valence-corrected chi connectivity index (χ4v) is 2.28. The van der Waals surface area contributed by atoms with Gasteiger partial charge in [-0.25, -0.2) is 0 Å². The van der Waals surface area contributed by atoms with E-state index < -0.39 is 0 Å². The van der Waals surface area contributed by atoms with Crippen LogP contribution in [0.3, 0.4) is 0 Å². The fraction of sp³-hybridized carbons (Fsp3) is 0.600. The summed E-state index contributed by atoms with van der Waals surface area (Å²) in [7, 11) is 1.76. The SMILES string of the molecule is COCC(C)(C)CN(CCN)Cc1ccccc1. The molecule has 0 aliphatic carbocycles. The van der Waals surface area contributed by atoms with Crippen LogP contribution in [0, 0.1) is 5.41 Å². The Labute approximate surface area is 111 Å². The summed E-state index contributed by atoms with van der Waals surface area (Å²) in [6.07, 6.45) is 0. The summed E-state index contributed by atoms with van der Waals surface area (Å²) in [6, 6.07) is 10.5. The summed E-state index contributed by atoms with van der Waals surface area (Å²) >= 11 is 0. The number of nitrogens with zero attached hydrogens (tertiary/aromatic N) is 1. The Kier molecular flexibility index (Phi) is 6.33. The Bertz CT molecular complexity index is 325. The molecule has 1 aromatic rings. The summed E-state index contributed by atoms with van der Waals surface area (Å²) in [6.45, 7) is 8.77. The van der Waals surface area contributed by atoms with Gasteiger partial charge in [-0.05, 0) is 5.56 Å². The average molecular weight is 250 g/mol. The Morgan fingerprint density at radius 2 is 1.89 bits per heavy atom. The van der Waals surface area contributed by atoms with Crippen molar-refractivity contribution in [2.45, 2.75) is 20.4 Å². The van der Waals surface area contributed by atoms with E-state index in [1.54, 1.807) is 7.11 Å². The standard InChI is InChI=1S/C15H26N2O/c1-15(2,13-18-3)12-17(10-9-16)11-14-7-5-4-6-8-14/h4-8H,9-13,16H2,1-3H3. The van der Waals surface area contributed by atoms with E-state index in [4.69, 9.17) is 10.5 Å². The number of hydrogen-bond donors (Lipinski definition) is 1. The van der Waals surface area contributed by atoms with E-state index in [0.717, 1.165) is 26.2 Å². The number of rotatable bonds is 8. The molecule has 2 N–H and O–H groups in total. The number of benzene rings is 1. The van der Waals surface area contributed by atoms with Crippen molar-refractivity contribution in [3.8, 4) is 0 Å². The maximum absolute atomic E-state index is 5.70. The minimum atomic E-state index is 0.151. The highest BCUT2D eigenvalue weighted by Gasteiger charge is 2.21. The predicted molar refractivity (Wildman–Crippen MR) is 76.4 cm³/mol. The molecule has 0 amide bonds. The van der Waals surface area contributed by atoms with Gasteiger partial charge in [0.1, 0.15) is 0 Å². The Morgan fingerprint density at radius 1 is 1.22 bits per heavy atom. The first-order valence-electron chi connectivity index (χ1n) is 6.53. The second kappa shape index (κ2) is 7.52. The molecular formula is C15H26N2O. The molecule has 0 unspecified atom stereocenters. The molecule has 0 aromatic heterocycles. The average Bonchev–Trinajstić information content (AvgIpc) is 2.29. The van der Waals surface area contributed by atoms with Crippen LogP contribution in [-0.4, -0.2) is 38.3 Å². The fourth-order valence-electron chi connectivity index (χ4n) is 2.28. The van der Waals surface area contributed by atoms with E-state index in [1.807, 2.05) is 6.07 Å². The lowest BCUT2D eigenvalue weighted by molar-refractivity contribution is 0.0681. The quantitative estimate of drug-likeness (QED) is 0.768. The van der Waals surface area contributed by atoms with Crippen molar-refractivity contribution in [3.05, 3.63) is 35.9 Å². The van der Waals surface area contributed by atoms with Crippen LogP contribution in [0.25, 0.3) is 0 Å². The molecule has 0 aliphatic rings. The summed E-state index contributed by atoms with van der Waals surface area (Å²) in [5, 5.41) is 0. The first kappa shape index (κ1) is 15.2. The second-order valence-electron chi connectivity index (χ2n) is 5.58. The molecule has 0 saturated heterocycles. The van der Waals surface area contributed by atoms with E-state index in [1.165, 1.54) is 5.56 Å². The molecule has 1 aromatic carbocycles. The van der Waals surface area contributed by atoms with Crippen LogP contribution >= 0.6 is 0 Å². The molecule has 3 nitrogen and oxygen atoms in total. The van der Waals surface area contributed by atoms with Crippen molar-refractivity contribution >= 4 is 0 Å². The molecule has 0 spiro atoms. The highest BCUT2D eigenvalue weighted by Crippen LogP contribution is 2.18. The van der Waals surface area contributed by atoms with E-state index >= 15 is 0 Å². The van der Waals surface area contributed by atoms with Crippen molar-refractivity contribution in [2.75, 3.05) is 33.4 Å². The number of hydrogen-bond acceptors (Lipinski definition) is 3. The van der Waals surface area contributed by atoms with Crippen LogP contribution in [0.2, 0.25) is 0 Å². The molecule has 3 heteroatoms. The summed E-state index contributed by atoms with van der Waals surface area (Å²) in [5.41, 5.74) is 7.19. The lowest BCUT2D eigenvalue weighted by atomic mass is 9.93. The van der Waals surface area contributed by atoms with Crippen molar-refractivity contribution in [3.63, 3.8) is 0 Å². The zero-order valence-electron chi connectivity index (χ0n) is 11.9. The van der Waals surface area contributed by atoms with E-state index in [9.17, 15) is 0 Å². The van der Waals surface area contributed by atoms with Crippen LogP contribution in [0.1, 0.15) is 19.4 Å². The van der Waals surface area contributed by atoms with Gasteiger partial charge in [0.2, 0.25) is 0 Å². The van der Waals surface area contributed by atoms with Crippen molar-refractivity contribution in [1.29, 1.82) is 0 Å². The van der Waals surface area contributed by atoms with Gasteiger partial charge in [-0.3, -0.25) is 4.90 Å². The highest BCUT2D eigenvalue weighted by molar-refractivity contribution is 5.14. The lowest BCUT2D eigenvalue weighted by Gasteiger charge is -2.32. The van der Waals surface area contributed by atoms with E-state index in [0.29, 0.717) is 6.54 Å². The third-order valence-electron chi connectivity index (χ3n) is 2.88. The number of ether oxygens (including phenoxy) is 1. The number of methoxy groups -OCH3 is 1. The van der Waals surface area contributed by atoms with E-state index in [2.05, 4.69) is 43.0 Å². The van der Waals surface area contributed by atoms with Crippen LogP contribution in [0.15, 0.2) is 30.3 Å². The summed E-state index contributed by atoms with van der Waals surface area (Å²) in [5.74, 6) is 0. The highest BCUT2D eigenvalue weighted by atomic mass is 16.5. The predicted octanol–water partition coefficient (Wildman–Crippen LogP) is 2.12. The molecule has 0 fully saturated rings.